The molecule has 2 heterocycles. The van der Waals surface area contributed by atoms with Crippen LogP contribution in [0, 0.1) is 0 Å². The quantitative estimate of drug-likeness (QED) is 0.698. The van der Waals surface area contributed by atoms with Crippen molar-refractivity contribution in [2.75, 3.05) is 25.1 Å². The third-order valence-electron chi connectivity index (χ3n) is 4.90. The zero-order valence-corrected chi connectivity index (χ0v) is 17.3. The smallest absolute Gasteiger partial charge is 0.325 e. The first-order chi connectivity index (χ1) is 14.3. The van der Waals surface area contributed by atoms with Crippen molar-refractivity contribution in [2.45, 2.75) is 12.5 Å². The molecule has 0 aromatic heterocycles. The lowest BCUT2D eigenvalue weighted by atomic mass is 9.92. The summed E-state index contributed by atoms with van der Waals surface area (Å²) < 4.78 is 10.9. The number of imide groups is 1. The van der Waals surface area contributed by atoms with Gasteiger partial charge in [0.15, 0.2) is 11.5 Å². The standard InChI is InChI=1S/C20H17Cl2N3O5/c1-20(11-2-4-13(21)14(22)8-11)18(27)25(19(28)24-20)10-17(26)23-12-3-5-15-16(9-12)30-7-6-29-15/h2-5,8-9H,6-7,10H2,1H3,(H,23,26)(H,24,28). The molecule has 0 bridgehead atoms. The number of carbonyl (C=O) groups is 3. The molecule has 0 aliphatic carbocycles. The molecule has 1 unspecified atom stereocenters. The Labute approximate surface area is 182 Å². The molecule has 1 fully saturated rings. The van der Waals surface area contributed by atoms with Crippen LogP contribution in [-0.2, 0) is 15.1 Å². The predicted octanol–water partition coefficient (Wildman–Crippen LogP) is 3.17. The van der Waals surface area contributed by atoms with E-state index in [1.165, 1.54) is 6.07 Å². The van der Waals surface area contributed by atoms with Gasteiger partial charge in [-0.3, -0.25) is 14.5 Å². The highest BCUT2D eigenvalue weighted by atomic mass is 35.5. The Balaban J connectivity index is 1.48. The summed E-state index contributed by atoms with van der Waals surface area (Å²) in [6.45, 7) is 1.98. The molecule has 156 valence electrons. The SMILES string of the molecule is CC1(c2ccc(Cl)c(Cl)c2)NC(=O)N(CC(=O)Nc2ccc3c(c2)OCCO3)C1=O. The van der Waals surface area contributed by atoms with Crippen LogP contribution in [0.15, 0.2) is 36.4 Å². The molecular formula is C20H17Cl2N3O5. The second-order valence-electron chi connectivity index (χ2n) is 6.98. The second-order valence-corrected chi connectivity index (χ2v) is 7.80. The van der Waals surface area contributed by atoms with E-state index in [1.807, 2.05) is 0 Å². The minimum atomic E-state index is -1.36. The number of ether oxygens (including phenoxy) is 2. The summed E-state index contributed by atoms with van der Waals surface area (Å²) in [5, 5.41) is 5.87. The van der Waals surface area contributed by atoms with Gasteiger partial charge in [0.1, 0.15) is 25.3 Å². The molecule has 4 amide bonds. The minimum absolute atomic E-state index is 0.257. The number of hydrogen-bond acceptors (Lipinski definition) is 5. The number of amides is 4. The molecule has 1 atom stereocenters. The average molecular weight is 450 g/mol. The van der Waals surface area contributed by atoms with E-state index in [0.29, 0.717) is 41.0 Å². The summed E-state index contributed by atoms with van der Waals surface area (Å²) in [6.07, 6.45) is 0. The van der Waals surface area contributed by atoms with E-state index in [1.54, 1.807) is 37.3 Å². The summed E-state index contributed by atoms with van der Waals surface area (Å²) in [7, 11) is 0. The van der Waals surface area contributed by atoms with Gasteiger partial charge in [-0.25, -0.2) is 4.79 Å². The Morgan fingerprint density at radius 2 is 1.83 bits per heavy atom. The highest BCUT2D eigenvalue weighted by Gasteiger charge is 2.49. The van der Waals surface area contributed by atoms with Crippen LogP contribution in [0.4, 0.5) is 10.5 Å². The molecular weight excluding hydrogens is 433 g/mol. The molecule has 2 aliphatic rings. The van der Waals surface area contributed by atoms with E-state index in [-0.39, 0.29) is 5.02 Å². The zero-order chi connectivity index (χ0) is 21.5. The lowest BCUT2D eigenvalue weighted by Crippen LogP contribution is -2.42. The van der Waals surface area contributed by atoms with Gasteiger partial charge in [0.05, 0.1) is 10.0 Å². The van der Waals surface area contributed by atoms with Gasteiger partial charge in [0.2, 0.25) is 5.91 Å². The largest absolute Gasteiger partial charge is 0.486 e. The minimum Gasteiger partial charge on any atom is -0.486 e. The highest BCUT2D eigenvalue weighted by molar-refractivity contribution is 6.42. The number of anilines is 1. The average Bonchev–Trinajstić information content (AvgIpc) is 2.94. The third-order valence-corrected chi connectivity index (χ3v) is 5.64. The van der Waals surface area contributed by atoms with Gasteiger partial charge in [-0.2, -0.15) is 0 Å². The van der Waals surface area contributed by atoms with Crippen LogP contribution in [0.2, 0.25) is 10.0 Å². The van der Waals surface area contributed by atoms with Crippen LogP contribution in [-0.4, -0.2) is 42.5 Å². The normalized spacial score (nSPS) is 20.2. The first-order valence-electron chi connectivity index (χ1n) is 9.07. The fourth-order valence-electron chi connectivity index (χ4n) is 3.31. The summed E-state index contributed by atoms with van der Waals surface area (Å²) in [4.78, 5) is 38.7. The number of nitrogens with one attached hydrogen (secondary N) is 2. The van der Waals surface area contributed by atoms with Crippen molar-refractivity contribution in [3.63, 3.8) is 0 Å². The molecule has 1 saturated heterocycles. The van der Waals surface area contributed by atoms with Crippen LogP contribution in [0.3, 0.4) is 0 Å². The first kappa shape index (κ1) is 20.3. The molecule has 4 rings (SSSR count). The maximum Gasteiger partial charge on any atom is 0.325 e. The van der Waals surface area contributed by atoms with Crippen molar-refractivity contribution in [2.24, 2.45) is 0 Å². The predicted molar refractivity (Wildman–Crippen MR) is 110 cm³/mol. The Hall–Kier alpha value is -2.97. The number of nitrogens with zero attached hydrogens (tertiary/aromatic N) is 1. The topological polar surface area (TPSA) is 97.0 Å². The van der Waals surface area contributed by atoms with Gasteiger partial charge in [-0.05, 0) is 36.8 Å². The van der Waals surface area contributed by atoms with Crippen molar-refractivity contribution in [1.29, 1.82) is 0 Å². The van der Waals surface area contributed by atoms with E-state index in [0.717, 1.165) is 4.90 Å². The fraction of sp³-hybridized carbons (Fsp3) is 0.250. The van der Waals surface area contributed by atoms with Crippen molar-refractivity contribution in [3.05, 3.63) is 52.0 Å². The monoisotopic (exact) mass is 449 g/mol. The fourth-order valence-corrected chi connectivity index (χ4v) is 3.61. The van der Waals surface area contributed by atoms with E-state index in [9.17, 15) is 14.4 Å². The summed E-state index contributed by atoms with van der Waals surface area (Å²) in [6, 6.07) is 8.94. The summed E-state index contributed by atoms with van der Waals surface area (Å²) in [5.74, 6) is 0.00348. The Kier molecular flexibility index (Phi) is 5.21. The third kappa shape index (κ3) is 3.64. The first-order valence-corrected chi connectivity index (χ1v) is 9.82. The number of halogens is 2. The lowest BCUT2D eigenvalue weighted by molar-refractivity contribution is -0.133. The molecule has 2 aliphatic heterocycles. The van der Waals surface area contributed by atoms with Crippen LogP contribution >= 0.6 is 23.2 Å². The molecule has 10 heteroatoms. The Bertz CT molecular complexity index is 1060. The zero-order valence-electron chi connectivity index (χ0n) is 15.8. The molecule has 0 spiro atoms. The van der Waals surface area contributed by atoms with Crippen LogP contribution in [0.25, 0.3) is 0 Å². The van der Waals surface area contributed by atoms with Gasteiger partial charge in [-0.1, -0.05) is 29.3 Å². The lowest BCUT2D eigenvalue weighted by Gasteiger charge is -2.22. The van der Waals surface area contributed by atoms with Crippen LogP contribution < -0.4 is 20.1 Å². The van der Waals surface area contributed by atoms with Crippen molar-refractivity contribution in [1.82, 2.24) is 10.2 Å². The number of hydrogen-bond donors (Lipinski definition) is 2. The van der Waals surface area contributed by atoms with Crippen LogP contribution in [0.5, 0.6) is 11.5 Å². The molecule has 0 saturated carbocycles. The number of rotatable bonds is 4. The van der Waals surface area contributed by atoms with E-state index in [2.05, 4.69) is 10.6 Å². The molecule has 2 N–H and O–H groups in total. The Morgan fingerprint density at radius 3 is 2.57 bits per heavy atom. The van der Waals surface area contributed by atoms with E-state index < -0.39 is 29.9 Å². The van der Waals surface area contributed by atoms with Crippen molar-refractivity contribution < 1.29 is 23.9 Å². The highest BCUT2D eigenvalue weighted by Crippen LogP contribution is 2.34. The van der Waals surface area contributed by atoms with E-state index >= 15 is 0 Å². The van der Waals surface area contributed by atoms with E-state index in [4.69, 9.17) is 32.7 Å². The van der Waals surface area contributed by atoms with Gasteiger partial charge >= 0.3 is 6.03 Å². The Morgan fingerprint density at radius 1 is 1.10 bits per heavy atom. The van der Waals surface area contributed by atoms with Gasteiger partial charge in [-0.15, -0.1) is 0 Å². The second kappa shape index (κ2) is 7.70. The van der Waals surface area contributed by atoms with Gasteiger partial charge in [0.25, 0.3) is 5.91 Å². The molecule has 2 aromatic rings. The number of benzene rings is 2. The molecule has 8 nitrogen and oxygen atoms in total. The maximum absolute atomic E-state index is 13.0. The van der Waals surface area contributed by atoms with Crippen molar-refractivity contribution >= 4 is 46.7 Å². The van der Waals surface area contributed by atoms with Gasteiger partial charge < -0.3 is 20.1 Å². The molecule has 2 aromatic carbocycles. The van der Waals surface area contributed by atoms with Crippen LogP contribution in [0.1, 0.15) is 12.5 Å². The van der Waals surface area contributed by atoms with Crippen molar-refractivity contribution in [3.8, 4) is 11.5 Å². The summed E-state index contributed by atoms with van der Waals surface area (Å²) >= 11 is 12.0. The molecule has 30 heavy (non-hydrogen) atoms. The number of urea groups is 1. The number of fused-ring (bicyclic) bond motifs is 1. The number of carbonyl (C=O) groups excluding carboxylic acids is 3. The van der Waals surface area contributed by atoms with Gasteiger partial charge in [0, 0.05) is 11.8 Å². The summed E-state index contributed by atoms with van der Waals surface area (Å²) in [5.41, 5.74) is -0.434. The maximum atomic E-state index is 13.0. The molecule has 0 radical (unpaired) electrons.